The molecule has 0 spiro atoms. The van der Waals surface area contributed by atoms with Gasteiger partial charge < -0.3 is 24.1 Å². The van der Waals surface area contributed by atoms with Crippen molar-refractivity contribution in [3.63, 3.8) is 0 Å². The van der Waals surface area contributed by atoms with Crippen LogP contribution in [0, 0.1) is 35.0 Å². The van der Waals surface area contributed by atoms with Crippen molar-refractivity contribution in [2.45, 2.75) is 89.0 Å². The summed E-state index contributed by atoms with van der Waals surface area (Å²) in [6.45, 7) is 13.6. The van der Waals surface area contributed by atoms with Crippen molar-refractivity contribution in [1.29, 1.82) is 0 Å². The van der Waals surface area contributed by atoms with Crippen molar-refractivity contribution in [2.75, 3.05) is 0 Å². The summed E-state index contributed by atoms with van der Waals surface area (Å²) in [6.07, 6.45) is -0.805. The Morgan fingerprint density at radius 1 is 1.27 bits per heavy atom. The molecule has 6 fully saturated rings. The maximum absolute atomic E-state index is 13.3. The number of fused-ring (bicyclic) bond motifs is 3. The molecule has 180 valence electrons. The van der Waals surface area contributed by atoms with Crippen LogP contribution in [0.25, 0.3) is 0 Å². The molecular weight excluding hydrogens is 428 g/mol. The third kappa shape index (κ3) is 2.11. The fourth-order valence-electron chi connectivity index (χ4n) is 8.19. The second-order valence-electron chi connectivity index (χ2n) is 11.7. The molecule has 33 heavy (non-hydrogen) atoms. The van der Waals surface area contributed by atoms with Crippen LogP contribution in [-0.4, -0.2) is 58.1 Å². The van der Waals surface area contributed by atoms with Gasteiger partial charge in [-0.3, -0.25) is 14.4 Å². The number of epoxide rings is 1. The van der Waals surface area contributed by atoms with Gasteiger partial charge in [-0.15, -0.1) is 0 Å². The SMILES string of the molecule is C=C1[C@H]2C[C@](C)(C(=O)O2)[C@@H]2C(=O)O[C@@]3(C)C2[C@H]1[C@]12O[C@]1(C[C@H](C)[C@H]2OC(=O)[C@@H](C)CC)[C@@H]3O. The molecule has 3 saturated heterocycles. The monoisotopic (exact) mass is 460 g/mol. The van der Waals surface area contributed by atoms with Crippen LogP contribution in [0.5, 0.6) is 0 Å². The van der Waals surface area contributed by atoms with Gasteiger partial charge in [0.1, 0.15) is 35.1 Å². The first kappa shape index (κ1) is 21.6. The summed E-state index contributed by atoms with van der Waals surface area (Å²) >= 11 is 0. The van der Waals surface area contributed by atoms with Crippen LogP contribution >= 0.6 is 0 Å². The van der Waals surface area contributed by atoms with Gasteiger partial charge in [-0.05, 0) is 38.2 Å². The molecule has 0 aromatic heterocycles. The number of hydrogen-bond donors (Lipinski definition) is 1. The number of aliphatic hydroxyl groups excluding tert-OH is 1. The number of aliphatic hydroxyl groups is 1. The Morgan fingerprint density at radius 2 is 1.97 bits per heavy atom. The molecule has 8 nitrogen and oxygen atoms in total. The first-order chi connectivity index (χ1) is 15.4. The van der Waals surface area contributed by atoms with Crippen molar-refractivity contribution in [2.24, 2.45) is 35.0 Å². The second-order valence-corrected chi connectivity index (χ2v) is 11.7. The molecule has 1 unspecified atom stereocenters. The number of carbonyl (C=O) groups is 3. The number of hydrogen-bond acceptors (Lipinski definition) is 8. The predicted octanol–water partition coefficient (Wildman–Crippen LogP) is 1.92. The van der Waals surface area contributed by atoms with Gasteiger partial charge in [-0.25, -0.2) is 0 Å². The van der Waals surface area contributed by atoms with E-state index in [1.54, 1.807) is 13.8 Å². The van der Waals surface area contributed by atoms with Crippen LogP contribution in [0.4, 0.5) is 0 Å². The van der Waals surface area contributed by atoms with Crippen LogP contribution in [0.2, 0.25) is 0 Å². The fourth-order valence-corrected chi connectivity index (χ4v) is 8.19. The third-order valence-electron chi connectivity index (χ3n) is 10.0. The molecular formula is C25H32O8. The van der Waals surface area contributed by atoms with Crippen molar-refractivity contribution in [3.05, 3.63) is 12.2 Å². The van der Waals surface area contributed by atoms with Crippen LogP contribution in [-0.2, 0) is 33.3 Å². The minimum atomic E-state index is -1.24. The van der Waals surface area contributed by atoms with Gasteiger partial charge in [0.2, 0.25) is 0 Å². The summed E-state index contributed by atoms with van der Waals surface area (Å²) in [7, 11) is 0. The summed E-state index contributed by atoms with van der Waals surface area (Å²) < 4.78 is 24.2. The van der Waals surface area contributed by atoms with Crippen LogP contribution < -0.4 is 0 Å². The van der Waals surface area contributed by atoms with E-state index in [0.717, 1.165) is 0 Å². The second kappa shape index (κ2) is 6.00. The van der Waals surface area contributed by atoms with E-state index in [4.69, 9.17) is 18.9 Å². The van der Waals surface area contributed by atoms with E-state index in [2.05, 4.69) is 6.58 Å². The van der Waals surface area contributed by atoms with Crippen molar-refractivity contribution in [1.82, 2.24) is 0 Å². The standard InChI is InChI=1S/C25H32O8/c1-7-10(2)18(26)31-17-11(3)8-24-20(28)23(6)15-14(25(17,24)33-24)12(4)13-9-22(5,21(29)30-13)16(15)19(27)32-23/h10-11,13-17,20,28H,4,7-9H2,1-3,5-6H3/t10-,11-,13+,14-,15?,16-,17+,20+,22-,23-,24+,25+/m0/s1. The summed E-state index contributed by atoms with van der Waals surface area (Å²) in [5.74, 6) is -3.34. The molecule has 3 heterocycles. The van der Waals surface area contributed by atoms with Gasteiger partial charge in [-0.2, -0.15) is 0 Å². The Hall–Kier alpha value is -1.93. The van der Waals surface area contributed by atoms with Crippen molar-refractivity contribution >= 4 is 17.9 Å². The first-order valence-corrected chi connectivity index (χ1v) is 12.1. The summed E-state index contributed by atoms with van der Waals surface area (Å²) in [5, 5.41) is 11.7. The number of carbonyl (C=O) groups excluding carboxylic acids is 3. The quantitative estimate of drug-likeness (QED) is 0.294. The van der Waals surface area contributed by atoms with E-state index >= 15 is 0 Å². The van der Waals surface area contributed by atoms with E-state index < -0.39 is 70.2 Å². The zero-order valence-corrected chi connectivity index (χ0v) is 19.8. The largest absolute Gasteiger partial charge is 0.459 e. The summed E-state index contributed by atoms with van der Waals surface area (Å²) in [6, 6.07) is 0. The maximum atomic E-state index is 13.3. The van der Waals surface area contributed by atoms with E-state index in [9.17, 15) is 19.5 Å². The first-order valence-electron chi connectivity index (χ1n) is 12.1. The normalized spacial score (nSPS) is 56.2. The Morgan fingerprint density at radius 3 is 2.64 bits per heavy atom. The Kier molecular flexibility index (Phi) is 3.93. The Labute approximate surface area is 193 Å². The summed E-state index contributed by atoms with van der Waals surface area (Å²) in [5.41, 5.74) is -3.67. The molecule has 2 bridgehead atoms. The van der Waals surface area contributed by atoms with E-state index in [-0.39, 0.29) is 17.8 Å². The highest BCUT2D eigenvalue weighted by Gasteiger charge is 2.94. The van der Waals surface area contributed by atoms with Gasteiger partial charge >= 0.3 is 17.9 Å². The molecule has 1 N–H and O–H groups in total. The smallest absolute Gasteiger partial charge is 0.313 e. The number of ether oxygens (including phenoxy) is 4. The number of rotatable bonds is 3. The zero-order valence-electron chi connectivity index (χ0n) is 19.8. The maximum Gasteiger partial charge on any atom is 0.313 e. The lowest BCUT2D eigenvalue weighted by molar-refractivity contribution is -0.173. The number of esters is 3. The molecule has 0 aromatic carbocycles. The lowest BCUT2D eigenvalue weighted by atomic mass is 9.53. The molecule has 12 atom stereocenters. The van der Waals surface area contributed by atoms with E-state index in [1.165, 1.54) is 0 Å². The molecule has 3 saturated carbocycles. The Balaban J connectivity index is 1.52. The molecule has 0 radical (unpaired) electrons. The zero-order chi connectivity index (χ0) is 23.9. The van der Waals surface area contributed by atoms with Crippen LogP contribution in [0.3, 0.4) is 0 Å². The molecule has 3 aliphatic heterocycles. The van der Waals surface area contributed by atoms with Gasteiger partial charge in [0, 0.05) is 18.3 Å². The highest BCUT2D eigenvalue weighted by molar-refractivity contribution is 5.89. The minimum absolute atomic E-state index is 0.0654. The highest BCUT2D eigenvalue weighted by Crippen LogP contribution is 2.78. The Bertz CT molecular complexity index is 1010. The topological polar surface area (TPSA) is 112 Å². The lowest BCUT2D eigenvalue weighted by Gasteiger charge is -2.49. The van der Waals surface area contributed by atoms with Crippen molar-refractivity contribution in [3.8, 4) is 0 Å². The molecule has 6 rings (SSSR count). The van der Waals surface area contributed by atoms with Gasteiger partial charge in [0.25, 0.3) is 0 Å². The van der Waals surface area contributed by atoms with E-state index in [0.29, 0.717) is 24.8 Å². The van der Waals surface area contributed by atoms with Crippen LogP contribution in [0.15, 0.2) is 12.2 Å². The average Bonchev–Trinajstić information content (AvgIpc) is 3.11. The molecule has 3 aliphatic carbocycles. The molecule has 8 heteroatoms. The lowest BCUT2D eigenvalue weighted by Crippen LogP contribution is -2.65. The third-order valence-corrected chi connectivity index (χ3v) is 10.0. The van der Waals surface area contributed by atoms with Crippen molar-refractivity contribution < 1.29 is 38.4 Å². The van der Waals surface area contributed by atoms with E-state index in [1.807, 2.05) is 20.8 Å². The van der Waals surface area contributed by atoms with Gasteiger partial charge in [0.05, 0.1) is 17.3 Å². The average molecular weight is 461 g/mol. The molecule has 6 aliphatic rings. The molecule has 0 amide bonds. The summed E-state index contributed by atoms with van der Waals surface area (Å²) in [4.78, 5) is 39.1. The fraction of sp³-hybridized carbons (Fsp3) is 0.800. The van der Waals surface area contributed by atoms with Crippen LogP contribution in [0.1, 0.15) is 53.9 Å². The predicted molar refractivity (Wildman–Crippen MR) is 112 cm³/mol. The van der Waals surface area contributed by atoms with Gasteiger partial charge in [0.15, 0.2) is 0 Å². The van der Waals surface area contributed by atoms with Gasteiger partial charge in [-0.1, -0.05) is 27.4 Å². The molecule has 0 aromatic rings. The highest BCUT2D eigenvalue weighted by atomic mass is 16.7. The minimum Gasteiger partial charge on any atom is -0.459 e.